The highest BCUT2D eigenvalue weighted by Gasteiger charge is 2.30. The molecule has 1 aromatic heterocycles. The Hall–Kier alpha value is -5.75. The first-order chi connectivity index (χ1) is 40.3. The number of amides is 2. The molecule has 1 aliphatic rings. The molecular weight excluding hydrogens is 1140 g/mol. The van der Waals surface area contributed by atoms with Gasteiger partial charge in [-0.15, -0.1) is 0 Å². The number of carbonyl (C=O) groups excluding carboxylic acids is 7. The van der Waals surface area contributed by atoms with Crippen LogP contribution < -0.4 is 21.3 Å². The molecule has 0 unspecified atom stereocenters. The van der Waals surface area contributed by atoms with E-state index in [1.165, 1.54) is 5.56 Å². The molecule has 24 heteroatoms. The second-order valence-corrected chi connectivity index (χ2v) is 28.2. The summed E-state index contributed by atoms with van der Waals surface area (Å²) in [5.41, 5.74) is -1.54. The Kier molecular flexibility index (Phi) is 30.8. The lowest BCUT2D eigenvalue weighted by Crippen LogP contribution is -2.50. The van der Waals surface area contributed by atoms with Crippen LogP contribution in [0.5, 0.6) is 0 Å². The Morgan fingerprint density at radius 1 is 0.460 bits per heavy atom. The normalized spacial score (nSPS) is 15.7. The van der Waals surface area contributed by atoms with E-state index in [0.29, 0.717) is 96.9 Å². The van der Waals surface area contributed by atoms with E-state index in [4.69, 9.17) is 35.3 Å². The van der Waals surface area contributed by atoms with Crippen LogP contribution in [0.15, 0.2) is 24.3 Å². The van der Waals surface area contributed by atoms with Crippen LogP contribution in [0.4, 0.5) is 11.9 Å². The maximum Gasteiger partial charge on any atom is 0.329 e. The molecule has 2 heterocycles. The van der Waals surface area contributed by atoms with E-state index in [-0.39, 0.29) is 80.5 Å². The van der Waals surface area contributed by atoms with Gasteiger partial charge in [-0.2, -0.15) is 15.0 Å². The van der Waals surface area contributed by atoms with E-state index >= 15 is 0 Å². The van der Waals surface area contributed by atoms with Gasteiger partial charge >= 0.3 is 29.8 Å². The molecule has 1 aromatic carbocycles. The maximum absolute atomic E-state index is 13.8. The third-order valence-electron chi connectivity index (χ3n) is 12.7. The van der Waals surface area contributed by atoms with Gasteiger partial charge in [0.2, 0.25) is 29.0 Å². The fourth-order valence-electron chi connectivity index (χ4n) is 9.09. The van der Waals surface area contributed by atoms with Crippen molar-refractivity contribution in [3.8, 4) is 0 Å². The molecule has 0 spiro atoms. The van der Waals surface area contributed by atoms with Gasteiger partial charge in [0, 0.05) is 65.4 Å². The first kappa shape index (κ1) is 75.5. The van der Waals surface area contributed by atoms with E-state index in [0.717, 1.165) is 12.0 Å². The molecule has 3 rings (SSSR count). The quantitative estimate of drug-likeness (QED) is 0.0378. The second kappa shape index (κ2) is 35.4. The summed E-state index contributed by atoms with van der Waals surface area (Å²) in [6.07, 6.45) is 3.87. The van der Waals surface area contributed by atoms with Crippen LogP contribution in [0, 0.1) is 5.92 Å². The number of aromatic nitrogens is 3. The minimum Gasteiger partial charge on any atom is -0.459 e. The molecule has 2 amide bonds. The van der Waals surface area contributed by atoms with Crippen molar-refractivity contribution in [1.29, 1.82) is 0 Å². The number of unbranched alkanes of at least 4 members (excludes halogenated alkanes) is 2. The zero-order valence-corrected chi connectivity index (χ0v) is 56.3. The van der Waals surface area contributed by atoms with E-state index in [1.54, 1.807) is 41.5 Å². The fraction of sp³-hybridized carbons (Fsp3) is 0.746. The van der Waals surface area contributed by atoms with Gasteiger partial charge in [0.05, 0.1) is 32.6 Å². The number of hydrogen-bond acceptors (Lipinski definition) is 21. The summed E-state index contributed by atoms with van der Waals surface area (Å²) in [5, 5.41) is 11.9. The monoisotopic (exact) mass is 1240 g/mol. The summed E-state index contributed by atoms with van der Waals surface area (Å²) in [5.74, 6) is -2.15. The molecule has 492 valence electrons. The number of nitrogens with zero attached hydrogens (tertiary/aromatic N) is 7. The molecule has 1 fully saturated rings. The highest BCUT2D eigenvalue weighted by atomic mass is 35.5. The molecule has 2 aromatic rings. The Balaban J connectivity index is 1.72. The summed E-state index contributed by atoms with van der Waals surface area (Å²) < 4.78 is 28.6. The summed E-state index contributed by atoms with van der Waals surface area (Å²) in [6.45, 7) is 35.1. The number of nitrogens with one attached hydrogen (secondary N) is 4. The minimum atomic E-state index is -0.952. The van der Waals surface area contributed by atoms with Gasteiger partial charge in [-0.05, 0) is 177 Å². The molecule has 1 aliphatic heterocycles. The van der Waals surface area contributed by atoms with Crippen LogP contribution >= 0.6 is 11.6 Å². The molecule has 2 atom stereocenters. The van der Waals surface area contributed by atoms with Crippen LogP contribution in [0.1, 0.15) is 167 Å². The van der Waals surface area contributed by atoms with Crippen molar-refractivity contribution in [2.24, 2.45) is 5.92 Å². The van der Waals surface area contributed by atoms with Crippen molar-refractivity contribution in [3.05, 3.63) is 40.7 Å². The summed E-state index contributed by atoms with van der Waals surface area (Å²) in [4.78, 5) is 114. The average molecular weight is 1250 g/mol. The first-order valence-electron chi connectivity index (χ1n) is 30.8. The lowest BCUT2D eigenvalue weighted by Gasteiger charge is -2.34. The van der Waals surface area contributed by atoms with Gasteiger partial charge < -0.3 is 45.0 Å². The van der Waals surface area contributed by atoms with Crippen molar-refractivity contribution in [2.75, 3.05) is 102 Å². The number of rotatable bonds is 28. The average Bonchev–Trinajstić information content (AvgIpc) is 3.51. The molecule has 0 aliphatic carbocycles. The van der Waals surface area contributed by atoms with Crippen molar-refractivity contribution in [3.63, 3.8) is 0 Å². The minimum absolute atomic E-state index is 0.00540. The standard InChI is InChI=1S/C63H106ClN11O12/c1-44(2)38-45-24-26-46(27-25-45)39-49(76)65-28-20-18-22-47(54(81)86-62(12,13)14)67-57-69-56(64)70-58(71-57)68-48(55(82)87-63(15,16)17)23-19-21-29-66-50(77)40-72-30-32-73(41-51(78)83-59(3,4)5)34-36-75(43-53(80)85-61(9,10)11)37-35-74(33-31-72)42-52(79)84-60(6,7)8/h24-27,44,47-48H,18-23,28-43H2,1-17H3,(H,65,76)(H,66,77)(H2,67,68,69,70,71)/t47-,48-/m0/s1. The number of esters is 5. The van der Waals surface area contributed by atoms with Crippen LogP contribution in [-0.4, -0.2) is 208 Å². The zero-order valence-electron chi connectivity index (χ0n) is 55.5. The number of halogens is 1. The van der Waals surface area contributed by atoms with Crippen molar-refractivity contribution in [1.82, 2.24) is 45.2 Å². The Morgan fingerprint density at radius 2 is 0.782 bits per heavy atom. The highest BCUT2D eigenvalue weighted by molar-refractivity contribution is 6.28. The van der Waals surface area contributed by atoms with Gasteiger partial charge in [0.1, 0.15) is 40.1 Å². The van der Waals surface area contributed by atoms with E-state index < -0.39 is 64.0 Å². The van der Waals surface area contributed by atoms with E-state index in [1.807, 2.05) is 94.0 Å². The van der Waals surface area contributed by atoms with Crippen LogP contribution in [0.25, 0.3) is 0 Å². The Labute approximate surface area is 523 Å². The molecule has 0 saturated carbocycles. The summed E-state index contributed by atoms with van der Waals surface area (Å²) in [6, 6.07) is 6.25. The predicted molar refractivity (Wildman–Crippen MR) is 337 cm³/mol. The fourth-order valence-corrected chi connectivity index (χ4v) is 9.25. The van der Waals surface area contributed by atoms with Crippen molar-refractivity contribution in [2.45, 2.75) is 209 Å². The Bertz CT molecular complexity index is 2460. The van der Waals surface area contributed by atoms with Gasteiger partial charge in [0.25, 0.3) is 0 Å². The van der Waals surface area contributed by atoms with E-state index in [9.17, 15) is 33.6 Å². The SMILES string of the molecule is CC(C)Cc1ccc(CC(=O)NCCCC[C@H](Nc2nc(Cl)nc(N[C@@H](CCCCNC(=O)CN3CCN(CC(=O)OC(C)(C)C)CCN(CC(=O)OC(C)(C)C)CCN(CC(=O)OC(C)(C)C)CC3)C(=O)OC(C)(C)C)n2)C(=O)OC(C)(C)C)cc1. The van der Waals surface area contributed by atoms with Gasteiger partial charge in [-0.1, -0.05) is 38.1 Å². The lowest BCUT2D eigenvalue weighted by atomic mass is 10.0. The topological polar surface area (TPSA) is 265 Å². The lowest BCUT2D eigenvalue weighted by molar-refractivity contribution is -0.158. The van der Waals surface area contributed by atoms with Crippen LogP contribution in [0.3, 0.4) is 0 Å². The summed E-state index contributed by atoms with van der Waals surface area (Å²) in [7, 11) is 0. The van der Waals surface area contributed by atoms with Crippen LogP contribution in [0.2, 0.25) is 5.28 Å². The largest absolute Gasteiger partial charge is 0.459 e. The number of benzene rings is 1. The first-order valence-corrected chi connectivity index (χ1v) is 31.2. The molecule has 0 bridgehead atoms. The predicted octanol–water partition coefficient (Wildman–Crippen LogP) is 7.03. The van der Waals surface area contributed by atoms with Crippen molar-refractivity contribution < 1.29 is 57.2 Å². The number of ether oxygens (including phenoxy) is 5. The van der Waals surface area contributed by atoms with Crippen LogP contribution in [-0.2, 0) is 70.1 Å². The molecule has 1 saturated heterocycles. The van der Waals surface area contributed by atoms with Gasteiger partial charge in [0.15, 0.2) is 0 Å². The van der Waals surface area contributed by atoms with Crippen molar-refractivity contribution >= 4 is 65.2 Å². The van der Waals surface area contributed by atoms with E-state index in [2.05, 4.69) is 62.2 Å². The Morgan fingerprint density at radius 3 is 1.11 bits per heavy atom. The van der Waals surface area contributed by atoms with Gasteiger partial charge in [-0.25, -0.2) is 9.59 Å². The third-order valence-corrected chi connectivity index (χ3v) is 12.9. The maximum atomic E-state index is 13.8. The molecule has 4 N–H and O–H groups in total. The number of carbonyl (C=O) groups is 7. The smallest absolute Gasteiger partial charge is 0.329 e. The third kappa shape index (κ3) is 35.7. The number of hydrogen-bond donors (Lipinski definition) is 4. The molecule has 0 radical (unpaired) electrons. The zero-order chi connectivity index (χ0) is 65.3. The number of anilines is 2. The highest BCUT2D eigenvalue weighted by Crippen LogP contribution is 2.21. The molecular formula is C63H106ClN11O12. The summed E-state index contributed by atoms with van der Waals surface area (Å²) >= 11 is 6.46. The molecule has 87 heavy (non-hydrogen) atoms. The second-order valence-electron chi connectivity index (χ2n) is 27.9. The molecule has 23 nitrogen and oxygen atoms in total. The van der Waals surface area contributed by atoms with Gasteiger partial charge in [-0.3, -0.25) is 43.6 Å².